The third kappa shape index (κ3) is 3.35. The molecule has 1 aliphatic heterocycles. The molecule has 23 heavy (non-hydrogen) atoms. The molecular weight excluding hydrogens is 292 g/mol. The number of carbonyl (C=O) groups excluding carboxylic acids is 1. The number of nitrogens with one attached hydrogen (secondary N) is 1. The highest BCUT2D eigenvalue weighted by Gasteiger charge is 2.30. The van der Waals surface area contributed by atoms with Crippen LogP contribution in [0.4, 0.5) is 0 Å². The fraction of sp³-hybridized carbons (Fsp3) is 0.333. The van der Waals surface area contributed by atoms with Crippen LogP contribution in [-0.4, -0.2) is 35.0 Å². The van der Waals surface area contributed by atoms with E-state index in [0.717, 1.165) is 11.3 Å². The summed E-state index contributed by atoms with van der Waals surface area (Å²) < 4.78 is 5.96. The van der Waals surface area contributed by atoms with Crippen LogP contribution in [0.25, 0.3) is 0 Å². The second kappa shape index (κ2) is 6.38. The molecule has 1 fully saturated rings. The molecule has 1 saturated heterocycles. The number of carbonyl (C=O) groups is 1. The van der Waals surface area contributed by atoms with Crippen molar-refractivity contribution in [2.24, 2.45) is 0 Å². The first-order valence-corrected chi connectivity index (χ1v) is 7.74. The van der Waals surface area contributed by atoms with Gasteiger partial charge in [-0.1, -0.05) is 30.3 Å². The molecule has 1 aromatic heterocycles. The van der Waals surface area contributed by atoms with Crippen molar-refractivity contribution < 1.29 is 9.53 Å². The van der Waals surface area contributed by atoms with Gasteiger partial charge in [0.1, 0.15) is 11.7 Å². The van der Waals surface area contributed by atoms with E-state index in [1.807, 2.05) is 37.3 Å². The summed E-state index contributed by atoms with van der Waals surface area (Å²) in [5, 5.41) is 0. The largest absolute Gasteiger partial charge is 0.367 e. The van der Waals surface area contributed by atoms with Crippen molar-refractivity contribution in [3.05, 3.63) is 69.6 Å². The summed E-state index contributed by atoms with van der Waals surface area (Å²) in [6.07, 6.45) is -0.254. The molecule has 5 nitrogen and oxygen atoms in total. The van der Waals surface area contributed by atoms with Gasteiger partial charge in [0.2, 0.25) is 0 Å². The van der Waals surface area contributed by atoms with Crippen LogP contribution in [-0.2, 0) is 4.74 Å². The van der Waals surface area contributed by atoms with Gasteiger partial charge in [-0.05, 0) is 31.5 Å². The van der Waals surface area contributed by atoms with E-state index >= 15 is 0 Å². The van der Waals surface area contributed by atoms with E-state index in [-0.39, 0.29) is 29.2 Å². The molecule has 120 valence electrons. The van der Waals surface area contributed by atoms with Crippen LogP contribution in [0, 0.1) is 6.92 Å². The number of morpholine rings is 1. The van der Waals surface area contributed by atoms with Crippen LogP contribution >= 0.6 is 0 Å². The lowest BCUT2D eigenvalue weighted by molar-refractivity contribution is -0.0692. The summed E-state index contributed by atoms with van der Waals surface area (Å²) in [6.45, 7) is 4.66. The van der Waals surface area contributed by atoms with Crippen molar-refractivity contribution in [3.63, 3.8) is 0 Å². The first-order valence-electron chi connectivity index (χ1n) is 7.74. The second-order valence-corrected chi connectivity index (χ2v) is 5.94. The number of amides is 1. The Labute approximate surface area is 134 Å². The van der Waals surface area contributed by atoms with E-state index in [1.54, 1.807) is 24.0 Å². The van der Waals surface area contributed by atoms with Gasteiger partial charge in [-0.15, -0.1) is 0 Å². The molecular formula is C18H20N2O3. The van der Waals surface area contributed by atoms with Gasteiger partial charge in [0.05, 0.1) is 12.6 Å². The fourth-order valence-corrected chi connectivity index (χ4v) is 2.88. The highest BCUT2D eigenvalue weighted by Crippen LogP contribution is 2.25. The van der Waals surface area contributed by atoms with Gasteiger partial charge >= 0.3 is 0 Å². The van der Waals surface area contributed by atoms with Gasteiger partial charge in [0.15, 0.2) is 0 Å². The third-order valence-electron chi connectivity index (χ3n) is 4.00. The number of rotatable bonds is 2. The lowest BCUT2D eigenvalue weighted by Gasteiger charge is -2.37. The number of aromatic amines is 1. The highest BCUT2D eigenvalue weighted by atomic mass is 16.5. The topological polar surface area (TPSA) is 62.4 Å². The van der Waals surface area contributed by atoms with E-state index < -0.39 is 0 Å². The van der Waals surface area contributed by atoms with Crippen molar-refractivity contribution in [2.45, 2.75) is 26.1 Å². The van der Waals surface area contributed by atoms with Crippen molar-refractivity contribution in [2.75, 3.05) is 13.1 Å². The lowest BCUT2D eigenvalue weighted by Crippen LogP contribution is -2.47. The predicted molar refractivity (Wildman–Crippen MR) is 87.4 cm³/mol. The summed E-state index contributed by atoms with van der Waals surface area (Å²) in [6, 6.07) is 13.2. The van der Waals surface area contributed by atoms with Crippen molar-refractivity contribution in [1.82, 2.24) is 9.88 Å². The van der Waals surface area contributed by atoms with Gasteiger partial charge < -0.3 is 14.6 Å². The predicted octanol–water partition coefficient (Wildman–Crippen LogP) is 2.29. The molecule has 0 aliphatic carbocycles. The Kier molecular flexibility index (Phi) is 4.30. The van der Waals surface area contributed by atoms with Crippen molar-refractivity contribution in [3.8, 4) is 0 Å². The van der Waals surface area contributed by atoms with E-state index in [4.69, 9.17) is 4.74 Å². The Balaban J connectivity index is 1.84. The number of hydrogen-bond donors (Lipinski definition) is 1. The molecule has 1 N–H and O–H groups in total. The first kappa shape index (κ1) is 15.5. The van der Waals surface area contributed by atoms with Gasteiger partial charge in [0.25, 0.3) is 11.5 Å². The van der Waals surface area contributed by atoms with Gasteiger partial charge in [-0.25, -0.2) is 0 Å². The molecule has 0 saturated carbocycles. The molecule has 0 spiro atoms. The van der Waals surface area contributed by atoms with Crippen LogP contribution in [0.5, 0.6) is 0 Å². The Morgan fingerprint density at radius 2 is 1.91 bits per heavy atom. The molecule has 0 unspecified atom stereocenters. The number of pyridine rings is 1. The van der Waals surface area contributed by atoms with E-state index in [2.05, 4.69) is 4.98 Å². The van der Waals surface area contributed by atoms with Crippen LogP contribution in [0.2, 0.25) is 0 Å². The van der Waals surface area contributed by atoms with Crippen LogP contribution in [0.15, 0.2) is 47.3 Å². The smallest absolute Gasteiger partial charge is 0.260 e. The molecule has 1 aliphatic rings. The SMILES string of the molecule is Cc1ccc(C(=O)N2C[C@@H](c3ccccc3)O[C@@H](C)C2)c(=O)[nH]1. The van der Waals surface area contributed by atoms with Crippen molar-refractivity contribution >= 4 is 5.91 Å². The van der Waals surface area contributed by atoms with E-state index in [0.29, 0.717) is 13.1 Å². The molecule has 5 heteroatoms. The number of benzene rings is 1. The summed E-state index contributed by atoms with van der Waals surface area (Å²) in [4.78, 5) is 29.1. The average molecular weight is 312 g/mol. The van der Waals surface area contributed by atoms with Gasteiger partial charge in [-0.3, -0.25) is 9.59 Å². The van der Waals surface area contributed by atoms with Crippen LogP contribution in [0.1, 0.15) is 34.6 Å². The monoisotopic (exact) mass is 312 g/mol. The minimum Gasteiger partial charge on any atom is -0.367 e. The van der Waals surface area contributed by atoms with Crippen LogP contribution in [0.3, 0.4) is 0 Å². The Bertz CT molecular complexity index is 754. The average Bonchev–Trinajstić information content (AvgIpc) is 2.54. The van der Waals surface area contributed by atoms with Crippen molar-refractivity contribution in [1.29, 1.82) is 0 Å². The molecule has 2 aromatic rings. The van der Waals surface area contributed by atoms with Gasteiger partial charge in [0, 0.05) is 12.2 Å². The molecule has 3 rings (SSSR count). The summed E-state index contributed by atoms with van der Waals surface area (Å²) in [5.74, 6) is -0.248. The van der Waals surface area contributed by atoms with Crippen LogP contribution < -0.4 is 5.56 Å². The number of aromatic nitrogens is 1. The number of H-pyrrole nitrogens is 1. The fourth-order valence-electron chi connectivity index (χ4n) is 2.88. The quantitative estimate of drug-likeness (QED) is 0.925. The highest BCUT2D eigenvalue weighted by molar-refractivity contribution is 5.94. The molecule has 2 atom stereocenters. The van der Waals surface area contributed by atoms with E-state index in [1.165, 1.54) is 0 Å². The number of hydrogen-bond acceptors (Lipinski definition) is 3. The molecule has 1 aromatic carbocycles. The summed E-state index contributed by atoms with van der Waals surface area (Å²) in [7, 11) is 0. The second-order valence-electron chi connectivity index (χ2n) is 5.94. The zero-order valence-electron chi connectivity index (χ0n) is 13.3. The lowest BCUT2D eigenvalue weighted by atomic mass is 10.1. The molecule has 0 bridgehead atoms. The molecule has 1 amide bonds. The zero-order valence-corrected chi connectivity index (χ0v) is 13.3. The van der Waals surface area contributed by atoms with Gasteiger partial charge in [-0.2, -0.15) is 0 Å². The number of nitrogens with zero attached hydrogens (tertiary/aromatic N) is 1. The first-order chi connectivity index (χ1) is 11.0. The minimum atomic E-state index is -0.342. The zero-order chi connectivity index (χ0) is 16.4. The Morgan fingerprint density at radius 1 is 1.17 bits per heavy atom. The Hall–Kier alpha value is -2.40. The Morgan fingerprint density at radius 3 is 2.61 bits per heavy atom. The van der Waals surface area contributed by atoms with E-state index in [9.17, 15) is 9.59 Å². The maximum atomic E-state index is 12.7. The minimum absolute atomic E-state index is 0.0811. The summed E-state index contributed by atoms with van der Waals surface area (Å²) >= 11 is 0. The summed E-state index contributed by atoms with van der Waals surface area (Å²) in [5.41, 5.74) is 1.61. The molecule has 2 heterocycles. The molecule has 0 radical (unpaired) electrons. The maximum absolute atomic E-state index is 12.7. The maximum Gasteiger partial charge on any atom is 0.260 e. The third-order valence-corrected chi connectivity index (χ3v) is 4.00. The standard InChI is InChI=1S/C18H20N2O3/c1-12-8-9-15(17(21)19-12)18(22)20-10-13(2)23-16(11-20)14-6-4-3-5-7-14/h3-9,13,16H,10-11H2,1-2H3,(H,19,21)/t13-,16-/m0/s1. The number of ether oxygens (including phenoxy) is 1. The number of aryl methyl sites for hydroxylation is 1. The normalized spacial score (nSPS) is 21.2.